The Labute approximate surface area is 247 Å². The zero-order chi connectivity index (χ0) is 29.3. The van der Waals surface area contributed by atoms with Crippen LogP contribution in [-0.2, 0) is 9.53 Å². The van der Waals surface area contributed by atoms with E-state index in [2.05, 4.69) is 27.0 Å². The monoisotopic (exact) mass is 633 g/mol. The molecule has 1 atom stereocenters. The molecular weight excluding hydrogens is 610 g/mol. The smallest absolute Gasteiger partial charge is 0.338 e. The van der Waals surface area contributed by atoms with Gasteiger partial charge in [-0.3, -0.25) is 9.36 Å². The third-order valence-electron chi connectivity index (χ3n) is 6.53. The van der Waals surface area contributed by atoms with E-state index in [1.807, 2.05) is 6.07 Å². The number of esters is 1. The topological polar surface area (TPSA) is 116 Å². The van der Waals surface area contributed by atoms with Crippen LogP contribution in [0.1, 0.15) is 36.8 Å². The second-order valence-corrected chi connectivity index (χ2v) is 10.8. The summed E-state index contributed by atoms with van der Waals surface area (Å²) >= 11 is 4.78. The molecule has 0 saturated heterocycles. The summed E-state index contributed by atoms with van der Waals surface area (Å²) in [6.45, 7) is 3.60. The Bertz CT molecular complexity index is 1930. The molecule has 11 heteroatoms. The first-order valence-corrected chi connectivity index (χ1v) is 14.1. The van der Waals surface area contributed by atoms with Crippen LogP contribution in [0.3, 0.4) is 0 Å². The standard InChI is InChI=1S/C30H24BrN3O6S/c1-5-39-29(36)26-16(2)33-30-34(27(26)20-13-23(37-3)24(38-4)14-21(20)31)28(35)25(41-30)12-18-10-11-22(40-18)19-9-7-6-8-17(19)15-32/h6-14,27H,5H2,1-4H3/b25-12-/t27-/m0/s1. The molecule has 1 aliphatic heterocycles. The van der Waals surface area contributed by atoms with Gasteiger partial charge in [-0.25, -0.2) is 9.79 Å². The van der Waals surface area contributed by atoms with Gasteiger partial charge in [0.25, 0.3) is 5.56 Å². The van der Waals surface area contributed by atoms with Crippen molar-refractivity contribution in [3.63, 3.8) is 0 Å². The van der Waals surface area contributed by atoms with E-state index >= 15 is 0 Å². The van der Waals surface area contributed by atoms with E-state index in [0.717, 1.165) is 0 Å². The van der Waals surface area contributed by atoms with Crippen LogP contribution in [0.5, 0.6) is 11.5 Å². The van der Waals surface area contributed by atoms with Crippen LogP contribution in [0.15, 0.2) is 78.5 Å². The second kappa shape index (κ2) is 11.6. The fraction of sp³-hybridized carbons (Fsp3) is 0.200. The minimum Gasteiger partial charge on any atom is -0.493 e. The maximum Gasteiger partial charge on any atom is 0.338 e. The molecule has 0 saturated carbocycles. The summed E-state index contributed by atoms with van der Waals surface area (Å²) in [4.78, 5) is 32.2. The molecule has 0 aliphatic carbocycles. The number of carbonyl (C=O) groups is 1. The third-order valence-corrected chi connectivity index (χ3v) is 8.20. The van der Waals surface area contributed by atoms with Crippen molar-refractivity contribution in [2.24, 2.45) is 4.99 Å². The van der Waals surface area contributed by atoms with Crippen molar-refractivity contribution >= 4 is 39.3 Å². The number of hydrogen-bond donors (Lipinski definition) is 0. The Morgan fingerprint density at radius 2 is 1.93 bits per heavy atom. The van der Waals surface area contributed by atoms with Crippen LogP contribution >= 0.6 is 27.3 Å². The van der Waals surface area contributed by atoms with Gasteiger partial charge < -0.3 is 18.6 Å². The van der Waals surface area contributed by atoms with E-state index in [4.69, 9.17) is 18.6 Å². The molecule has 9 nitrogen and oxygen atoms in total. The van der Waals surface area contributed by atoms with Crippen molar-refractivity contribution in [2.75, 3.05) is 20.8 Å². The van der Waals surface area contributed by atoms with Crippen molar-refractivity contribution in [3.8, 4) is 28.9 Å². The van der Waals surface area contributed by atoms with Gasteiger partial charge in [-0.2, -0.15) is 5.26 Å². The fourth-order valence-electron chi connectivity index (χ4n) is 4.67. The minimum atomic E-state index is -0.851. The molecule has 0 fully saturated rings. The number of nitriles is 1. The van der Waals surface area contributed by atoms with E-state index in [-0.39, 0.29) is 17.7 Å². The first-order valence-electron chi connectivity index (χ1n) is 12.5. The number of nitrogens with zero attached hydrogens (tertiary/aromatic N) is 3. The molecule has 0 amide bonds. The number of benzene rings is 2. The summed E-state index contributed by atoms with van der Waals surface area (Å²) in [6, 6.07) is 15.4. The number of thiazole rings is 1. The van der Waals surface area contributed by atoms with E-state index in [1.54, 1.807) is 62.4 Å². The molecule has 0 unspecified atom stereocenters. The average molecular weight is 635 g/mol. The highest BCUT2D eigenvalue weighted by atomic mass is 79.9. The number of hydrogen-bond acceptors (Lipinski definition) is 9. The Morgan fingerprint density at radius 3 is 2.63 bits per heavy atom. The molecular formula is C30H24BrN3O6S. The number of aromatic nitrogens is 1. The highest BCUT2D eigenvalue weighted by Crippen LogP contribution is 2.40. The number of fused-ring (bicyclic) bond motifs is 1. The van der Waals surface area contributed by atoms with Gasteiger partial charge in [0.15, 0.2) is 16.3 Å². The molecule has 2 aromatic heterocycles. The van der Waals surface area contributed by atoms with Crippen LogP contribution in [0.2, 0.25) is 0 Å². The summed E-state index contributed by atoms with van der Waals surface area (Å²) in [5.74, 6) is 1.30. The molecule has 0 bridgehead atoms. The first kappa shape index (κ1) is 28.1. The Hall–Kier alpha value is -4.40. The van der Waals surface area contributed by atoms with Gasteiger partial charge in [0.2, 0.25) is 0 Å². The predicted molar refractivity (Wildman–Crippen MR) is 157 cm³/mol. The lowest BCUT2D eigenvalue weighted by Crippen LogP contribution is -2.40. The van der Waals surface area contributed by atoms with Gasteiger partial charge in [-0.15, -0.1) is 0 Å². The van der Waals surface area contributed by atoms with Gasteiger partial charge in [-0.1, -0.05) is 39.4 Å². The summed E-state index contributed by atoms with van der Waals surface area (Å²) in [7, 11) is 3.04. The van der Waals surface area contributed by atoms with Crippen LogP contribution in [0, 0.1) is 11.3 Å². The van der Waals surface area contributed by atoms with Crippen LogP contribution in [-0.4, -0.2) is 31.4 Å². The van der Waals surface area contributed by atoms with Crippen molar-refractivity contribution in [2.45, 2.75) is 19.9 Å². The Kier molecular flexibility index (Phi) is 7.97. The number of halogens is 1. The van der Waals surface area contributed by atoms with E-state index in [0.29, 0.717) is 59.2 Å². The van der Waals surface area contributed by atoms with Gasteiger partial charge >= 0.3 is 5.97 Å². The highest BCUT2D eigenvalue weighted by Gasteiger charge is 2.35. The molecule has 1 aliphatic rings. The predicted octanol–water partition coefficient (Wildman–Crippen LogP) is 4.71. The maximum atomic E-state index is 14.0. The summed E-state index contributed by atoms with van der Waals surface area (Å²) < 4.78 is 24.8. The van der Waals surface area contributed by atoms with Crippen molar-refractivity contribution in [1.82, 2.24) is 4.57 Å². The zero-order valence-corrected chi connectivity index (χ0v) is 25.0. The quantitative estimate of drug-likeness (QED) is 0.271. The molecule has 0 radical (unpaired) electrons. The van der Waals surface area contributed by atoms with Crippen LogP contribution in [0.4, 0.5) is 0 Å². The van der Waals surface area contributed by atoms with E-state index < -0.39 is 12.0 Å². The lowest BCUT2D eigenvalue weighted by atomic mass is 9.95. The molecule has 208 valence electrons. The van der Waals surface area contributed by atoms with Crippen molar-refractivity contribution in [3.05, 3.63) is 101 Å². The number of methoxy groups -OCH3 is 2. The number of furan rings is 1. The van der Waals surface area contributed by atoms with Crippen molar-refractivity contribution < 1.29 is 23.4 Å². The normalized spacial score (nSPS) is 14.7. The van der Waals surface area contributed by atoms with Gasteiger partial charge in [0.1, 0.15) is 11.5 Å². The minimum absolute atomic E-state index is 0.162. The summed E-state index contributed by atoms with van der Waals surface area (Å²) in [5.41, 5.74) is 2.06. The van der Waals surface area contributed by atoms with E-state index in [1.165, 1.54) is 30.1 Å². The zero-order valence-electron chi connectivity index (χ0n) is 22.6. The lowest BCUT2D eigenvalue weighted by molar-refractivity contribution is -0.139. The molecule has 5 rings (SSSR count). The van der Waals surface area contributed by atoms with Gasteiger partial charge in [0, 0.05) is 16.1 Å². The highest BCUT2D eigenvalue weighted by molar-refractivity contribution is 9.10. The number of ether oxygens (including phenoxy) is 3. The van der Waals surface area contributed by atoms with Crippen LogP contribution in [0.25, 0.3) is 17.4 Å². The number of allylic oxidation sites excluding steroid dienone is 1. The number of rotatable bonds is 7. The number of carbonyl (C=O) groups excluding carboxylic acids is 1. The molecule has 2 aromatic carbocycles. The van der Waals surface area contributed by atoms with Crippen molar-refractivity contribution in [1.29, 1.82) is 5.26 Å². The second-order valence-electron chi connectivity index (χ2n) is 8.89. The summed E-state index contributed by atoms with van der Waals surface area (Å²) in [6.07, 6.45) is 1.63. The third kappa shape index (κ3) is 5.12. The molecule has 0 spiro atoms. The fourth-order valence-corrected chi connectivity index (χ4v) is 6.23. The Morgan fingerprint density at radius 1 is 1.20 bits per heavy atom. The lowest BCUT2D eigenvalue weighted by Gasteiger charge is -2.26. The molecule has 0 N–H and O–H groups in total. The average Bonchev–Trinajstić information content (AvgIpc) is 3.56. The van der Waals surface area contributed by atoms with Gasteiger partial charge in [-0.05, 0) is 55.8 Å². The maximum absolute atomic E-state index is 14.0. The van der Waals surface area contributed by atoms with Crippen LogP contribution < -0.4 is 24.4 Å². The molecule has 3 heterocycles. The molecule has 4 aromatic rings. The first-order chi connectivity index (χ1) is 19.8. The Balaban J connectivity index is 1.69. The summed E-state index contributed by atoms with van der Waals surface area (Å²) in [5, 5.41) is 9.46. The van der Waals surface area contributed by atoms with Gasteiger partial charge in [0.05, 0.1) is 54.3 Å². The van der Waals surface area contributed by atoms with E-state index in [9.17, 15) is 14.9 Å². The largest absolute Gasteiger partial charge is 0.493 e. The SMILES string of the molecule is CCOC(=O)C1=C(C)N=c2s/c(=C\c3ccc(-c4ccccc4C#N)o3)c(=O)n2[C@H]1c1cc(OC)c(OC)cc1Br. The molecule has 41 heavy (non-hydrogen) atoms.